The average Bonchev–Trinajstić information content (AvgIpc) is 1.85. The first-order valence-corrected chi connectivity index (χ1v) is 3.77. The normalized spacial score (nSPS) is 9.80. The molecule has 0 fully saturated rings. The van der Waals surface area contributed by atoms with Crippen molar-refractivity contribution < 1.29 is 0 Å². The van der Waals surface area contributed by atoms with Crippen LogP contribution in [0.15, 0.2) is 15.5 Å². The highest BCUT2D eigenvalue weighted by Crippen LogP contribution is 2.00. The van der Waals surface area contributed by atoms with Gasteiger partial charge in [0.2, 0.25) is 0 Å². The third-order valence-corrected chi connectivity index (χ3v) is 1.50. The lowest BCUT2D eigenvalue weighted by Crippen LogP contribution is -2.08. The van der Waals surface area contributed by atoms with Gasteiger partial charge in [0.25, 0.3) is 5.56 Å². The smallest absolute Gasteiger partial charge is 0.251 e. The van der Waals surface area contributed by atoms with Crippen LogP contribution >= 0.6 is 15.9 Å². The fraction of sp³-hybridized carbons (Fsp3) is 0.333. The molecule has 0 aliphatic rings. The molecule has 1 aromatic heterocycles. The molecule has 0 saturated heterocycles. The molecule has 4 heteroatoms. The predicted molar refractivity (Wildman–Crippen MR) is 41.9 cm³/mol. The van der Waals surface area contributed by atoms with E-state index in [1.807, 2.05) is 6.92 Å². The third kappa shape index (κ3) is 1.67. The second kappa shape index (κ2) is 2.96. The van der Waals surface area contributed by atoms with E-state index >= 15 is 0 Å². The van der Waals surface area contributed by atoms with Crippen molar-refractivity contribution >= 4 is 15.9 Å². The summed E-state index contributed by atoms with van der Waals surface area (Å²) in [5, 5.41) is 0. The van der Waals surface area contributed by atoms with E-state index in [-0.39, 0.29) is 5.56 Å². The topological polar surface area (TPSA) is 45.8 Å². The van der Waals surface area contributed by atoms with E-state index < -0.39 is 0 Å². The van der Waals surface area contributed by atoms with Crippen molar-refractivity contribution in [3.8, 4) is 0 Å². The molecule has 1 heterocycles. The highest BCUT2D eigenvalue weighted by molar-refractivity contribution is 9.10. The van der Waals surface area contributed by atoms with E-state index in [0.29, 0.717) is 10.4 Å². The number of halogens is 1. The molecule has 0 radical (unpaired) electrons. The first kappa shape index (κ1) is 7.47. The van der Waals surface area contributed by atoms with Crippen LogP contribution in [0, 0.1) is 0 Å². The maximum atomic E-state index is 10.7. The van der Waals surface area contributed by atoms with Gasteiger partial charge in [-0.2, -0.15) is 0 Å². The fourth-order valence-electron chi connectivity index (χ4n) is 0.643. The second-order valence-electron chi connectivity index (χ2n) is 1.87. The maximum absolute atomic E-state index is 10.7. The first-order valence-electron chi connectivity index (χ1n) is 2.98. The van der Waals surface area contributed by atoms with Crippen molar-refractivity contribution in [2.24, 2.45) is 0 Å². The van der Waals surface area contributed by atoms with Crippen molar-refractivity contribution in [3.05, 3.63) is 26.8 Å². The van der Waals surface area contributed by atoms with Gasteiger partial charge >= 0.3 is 0 Å². The van der Waals surface area contributed by atoms with Gasteiger partial charge in [0.05, 0.1) is 0 Å². The molecule has 1 rings (SSSR count). The van der Waals surface area contributed by atoms with E-state index in [0.717, 1.165) is 6.42 Å². The summed E-state index contributed by atoms with van der Waals surface area (Å²) in [6.45, 7) is 1.94. The van der Waals surface area contributed by atoms with E-state index in [1.165, 1.54) is 6.07 Å². The number of aromatic nitrogens is 2. The third-order valence-electron chi connectivity index (χ3n) is 1.09. The first-order chi connectivity index (χ1) is 4.72. The summed E-state index contributed by atoms with van der Waals surface area (Å²) >= 11 is 3.12. The number of rotatable bonds is 1. The lowest BCUT2D eigenvalue weighted by molar-refractivity contribution is 0.908. The van der Waals surface area contributed by atoms with Crippen molar-refractivity contribution in [1.82, 2.24) is 9.97 Å². The minimum Gasteiger partial charge on any atom is -0.310 e. The number of nitrogens with one attached hydrogen (secondary N) is 1. The zero-order valence-electron chi connectivity index (χ0n) is 5.52. The van der Waals surface area contributed by atoms with Crippen molar-refractivity contribution in [2.75, 3.05) is 0 Å². The molecular weight excluding hydrogens is 196 g/mol. The Morgan fingerprint density at radius 2 is 2.50 bits per heavy atom. The summed E-state index contributed by atoms with van der Waals surface area (Å²) in [5.74, 6) is 0.708. The summed E-state index contributed by atoms with van der Waals surface area (Å²) in [7, 11) is 0. The molecule has 10 heavy (non-hydrogen) atoms. The van der Waals surface area contributed by atoms with Crippen LogP contribution in [-0.2, 0) is 6.42 Å². The zero-order valence-corrected chi connectivity index (χ0v) is 7.10. The molecule has 0 atom stereocenters. The predicted octanol–water partition coefficient (Wildman–Crippen LogP) is 1.09. The lowest BCUT2D eigenvalue weighted by atomic mass is 10.4. The Bertz CT molecular complexity index is 281. The number of nitrogens with zero attached hydrogens (tertiary/aromatic N) is 1. The summed E-state index contributed by atoms with van der Waals surface area (Å²) in [5.41, 5.74) is -0.112. The van der Waals surface area contributed by atoms with E-state index in [4.69, 9.17) is 0 Å². The van der Waals surface area contributed by atoms with Gasteiger partial charge in [-0.1, -0.05) is 6.92 Å². The summed E-state index contributed by atoms with van der Waals surface area (Å²) in [6.07, 6.45) is 0.745. The van der Waals surface area contributed by atoms with Gasteiger partial charge in [-0.25, -0.2) is 4.98 Å². The van der Waals surface area contributed by atoms with Crippen LogP contribution < -0.4 is 5.56 Å². The van der Waals surface area contributed by atoms with Crippen molar-refractivity contribution in [1.29, 1.82) is 0 Å². The van der Waals surface area contributed by atoms with Gasteiger partial charge in [0.15, 0.2) is 0 Å². The van der Waals surface area contributed by atoms with E-state index in [2.05, 4.69) is 25.9 Å². The second-order valence-corrected chi connectivity index (χ2v) is 2.68. The number of aromatic amines is 1. The van der Waals surface area contributed by atoms with Gasteiger partial charge in [0.1, 0.15) is 10.4 Å². The minimum atomic E-state index is -0.112. The Kier molecular flexibility index (Phi) is 2.21. The molecule has 0 spiro atoms. The lowest BCUT2D eigenvalue weighted by Gasteiger charge is -1.93. The van der Waals surface area contributed by atoms with Gasteiger partial charge in [-0.05, 0) is 15.9 Å². The molecule has 1 N–H and O–H groups in total. The average molecular weight is 203 g/mol. The van der Waals surface area contributed by atoms with Crippen LogP contribution in [0.2, 0.25) is 0 Å². The molecule has 0 amide bonds. The largest absolute Gasteiger partial charge is 0.310 e. The highest BCUT2D eigenvalue weighted by Gasteiger charge is 1.93. The standard InChI is InChI=1S/C6H7BrN2O/c1-2-5-8-4(7)3-6(10)9-5/h3H,2H2,1H3,(H,8,9,10). The zero-order chi connectivity index (χ0) is 7.56. The molecule has 1 aromatic rings. The van der Waals surface area contributed by atoms with Crippen molar-refractivity contribution in [3.63, 3.8) is 0 Å². The molecule has 54 valence electrons. The number of hydrogen-bond donors (Lipinski definition) is 1. The maximum Gasteiger partial charge on any atom is 0.251 e. The Labute approximate surface area is 66.6 Å². The SMILES string of the molecule is CCc1nc(Br)cc(=O)[nH]1. The quantitative estimate of drug-likeness (QED) is 0.694. The minimum absolute atomic E-state index is 0.112. The number of hydrogen-bond acceptors (Lipinski definition) is 2. The molecule has 0 unspecified atom stereocenters. The van der Waals surface area contributed by atoms with E-state index in [1.54, 1.807) is 0 Å². The number of aryl methyl sites for hydroxylation is 1. The van der Waals surface area contributed by atoms with Gasteiger partial charge < -0.3 is 4.98 Å². The van der Waals surface area contributed by atoms with Crippen LogP contribution in [0.4, 0.5) is 0 Å². The number of H-pyrrole nitrogens is 1. The van der Waals surface area contributed by atoms with Crippen LogP contribution in [0.3, 0.4) is 0 Å². The Hall–Kier alpha value is -0.640. The van der Waals surface area contributed by atoms with Gasteiger partial charge in [-0.15, -0.1) is 0 Å². The van der Waals surface area contributed by atoms with Crippen LogP contribution in [0.5, 0.6) is 0 Å². The van der Waals surface area contributed by atoms with E-state index in [9.17, 15) is 4.79 Å². The monoisotopic (exact) mass is 202 g/mol. The van der Waals surface area contributed by atoms with Crippen LogP contribution in [0.1, 0.15) is 12.7 Å². The molecule has 0 aliphatic heterocycles. The summed E-state index contributed by atoms with van der Waals surface area (Å²) in [4.78, 5) is 17.4. The molecule has 0 aliphatic carbocycles. The Morgan fingerprint density at radius 3 is 3.00 bits per heavy atom. The van der Waals surface area contributed by atoms with Crippen LogP contribution in [0.25, 0.3) is 0 Å². The Morgan fingerprint density at radius 1 is 1.80 bits per heavy atom. The van der Waals surface area contributed by atoms with Gasteiger partial charge in [-0.3, -0.25) is 4.79 Å². The Balaban J connectivity index is 3.19. The molecule has 0 saturated carbocycles. The van der Waals surface area contributed by atoms with Crippen molar-refractivity contribution in [2.45, 2.75) is 13.3 Å². The highest BCUT2D eigenvalue weighted by atomic mass is 79.9. The van der Waals surface area contributed by atoms with Crippen LogP contribution in [-0.4, -0.2) is 9.97 Å². The summed E-state index contributed by atoms with van der Waals surface area (Å²) in [6, 6.07) is 1.40. The molecule has 0 bridgehead atoms. The molecular formula is C6H7BrN2O. The molecule has 0 aromatic carbocycles. The van der Waals surface area contributed by atoms with Gasteiger partial charge in [0, 0.05) is 12.5 Å². The summed E-state index contributed by atoms with van der Waals surface area (Å²) < 4.78 is 0.591. The molecule has 3 nitrogen and oxygen atoms in total. The fourth-order valence-corrected chi connectivity index (χ4v) is 1.07.